The van der Waals surface area contributed by atoms with Gasteiger partial charge in [-0.05, 0) is 51.1 Å². The zero-order chi connectivity index (χ0) is 16.2. The summed E-state index contributed by atoms with van der Waals surface area (Å²) in [4.78, 5) is 18.7. The minimum Gasteiger partial charge on any atom is -0.352 e. The summed E-state index contributed by atoms with van der Waals surface area (Å²) in [5.41, 5.74) is 2.20. The maximum Gasteiger partial charge on any atom is 0.224 e. The highest BCUT2D eigenvalue weighted by Gasteiger charge is 2.23. The molecule has 1 fully saturated rings. The van der Waals surface area contributed by atoms with Gasteiger partial charge >= 0.3 is 0 Å². The van der Waals surface area contributed by atoms with Crippen LogP contribution in [0, 0.1) is 12.8 Å². The Morgan fingerprint density at radius 2 is 2.13 bits per heavy atom. The number of rotatable bonds is 4. The number of aryl methyl sites for hydroxylation is 1. The van der Waals surface area contributed by atoms with Crippen molar-refractivity contribution < 1.29 is 4.79 Å². The normalized spacial score (nSPS) is 18.8. The van der Waals surface area contributed by atoms with Crippen molar-refractivity contribution in [2.75, 3.05) is 20.1 Å². The molecule has 5 nitrogen and oxygen atoms in total. The maximum absolute atomic E-state index is 12.3. The van der Waals surface area contributed by atoms with Crippen LogP contribution < -0.4 is 5.32 Å². The van der Waals surface area contributed by atoms with E-state index in [1.807, 2.05) is 17.7 Å². The number of hydrogen-bond donors (Lipinski definition) is 1. The molecule has 23 heavy (non-hydrogen) atoms. The number of hydrogen-bond acceptors (Lipinski definition) is 3. The van der Waals surface area contributed by atoms with Crippen LogP contribution in [-0.4, -0.2) is 40.5 Å². The van der Waals surface area contributed by atoms with Crippen LogP contribution in [-0.2, 0) is 11.3 Å². The first kappa shape index (κ1) is 15.7. The molecular weight excluding hydrogens is 288 g/mol. The van der Waals surface area contributed by atoms with Crippen LogP contribution in [0.5, 0.6) is 0 Å². The molecule has 5 heteroatoms. The van der Waals surface area contributed by atoms with Crippen molar-refractivity contribution in [1.29, 1.82) is 0 Å². The average Bonchev–Trinajstić information content (AvgIpc) is 2.99. The van der Waals surface area contributed by atoms with E-state index in [4.69, 9.17) is 0 Å². The first-order valence-electron chi connectivity index (χ1n) is 8.19. The monoisotopic (exact) mass is 312 g/mol. The van der Waals surface area contributed by atoms with Crippen LogP contribution in [0.15, 0.2) is 36.7 Å². The van der Waals surface area contributed by atoms with Crippen LogP contribution in [0.1, 0.15) is 24.2 Å². The number of benzene rings is 1. The van der Waals surface area contributed by atoms with Crippen molar-refractivity contribution in [3.8, 4) is 5.69 Å². The van der Waals surface area contributed by atoms with Crippen LogP contribution in [0.3, 0.4) is 0 Å². The Hall–Kier alpha value is -2.14. The number of piperidine rings is 1. The Morgan fingerprint density at radius 1 is 1.35 bits per heavy atom. The van der Waals surface area contributed by atoms with E-state index >= 15 is 0 Å². The van der Waals surface area contributed by atoms with Gasteiger partial charge in [0, 0.05) is 31.2 Å². The highest BCUT2D eigenvalue weighted by Crippen LogP contribution is 2.16. The minimum atomic E-state index is 0.127. The molecule has 2 aromatic rings. The summed E-state index contributed by atoms with van der Waals surface area (Å²) in [6, 6.07) is 8.24. The molecule has 1 atom stereocenters. The van der Waals surface area contributed by atoms with Gasteiger partial charge < -0.3 is 14.8 Å². The van der Waals surface area contributed by atoms with Gasteiger partial charge in [0.1, 0.15) is 5.82 Å². The number of nitrogens with zero attached hydrogens (tertiary/aromatic N) is 3. The smallest absolute Gasteiger partial charge is 0.224 e. The largest absolute Gasteiger partial charge is 0.352 e. The van der Waals surface area contributed by atoms with Gasteiger partial charge in [-0.3, -0.25) is 4.79 Å². The summed E-state index contributed by atoms with van der Waals surface area (Å²) >= 11 is 0. The highest BCUT2D eigenvalue weighted by molar-refractivity contribution is 5.78. The Kier molecular flexibility index (Phi) is 4.76. The molecule has 1 aliphatic rings. The second-order valence-corrected chi connectivity index (χ2v) is 6.33. The fourth-order valence-corrected chi connectivity index (χ4v) is 3.14. The van der Waals surface area contributed by atoms with Gasteiger partial charge in [-0.25, -0.2) is 4.98 Å². The predicted molar refractivity (Wildman–Crippen MR) is 90.4 cm³/mol. The third kappa shape index (κ3) is 3.79. The Balaban J connectivity index is 1.56. The van der Waals surface area contributed by atoms with Crippen molar-refractivity contribution in [2.24, 2.45) is 5.92 Å². The van der Waals surface area contributed by atoms with Crippen LogP contribution in [0.25, 0.3) is 5.69 Å². The molecule has 0 spiro atoms. The zero-order valence-electron chi connectivity index (χ0n) is 13.8. The molecule has 1 amide bonds. The molecule has 0 saturated carbocycles. The third-order valence-electron chi connectivity index (χ3n) is 4.50. The van der Waals surface area contributed by atoms with Crippen LogP contribution >= 0.6 is 0 Å². The standard InChI is InChI=1S/C18H24N4O/c1-14-19-9-11-22(14)17-7-5-15(6-8-17)12-20-18(23)16-4-3-10-21(2)13-16/h5-9,11,16H,3-4,10,12-13H2,1-2H3,(H,20,23). The molecular formula is C18H24N4O. The van der Waals surface area contributed by atoms with E-state index in [1.165, 1.54) is 0 Å². The van der Waals surface area contributed by atoms with Crippen molar-refractivity contribution >= 4 is 5.91 Å². The Morgan fingerprint density at radius 3 is 2.78 bits per heavy atom. The summed E-state index contributed by atoms with van der Waals surface area (Å²) in [7, 11) is 2.08. The average molecular weight is 312 g/mol. The number of carbonyl (C=O) groups is 1. The summed E-state index contributed by atoms with van der Waals surface area (Å²) in [6.45, 7) is 4.53. The van der Waals surface area contributed by atoms with E-state index in [2.05, 4.69) is 46.5 Å². The zero-order valence-corrected chi connectivity index (χ0v) is 13.8. The summed E-state index contributed by atoms with van der Waals surface area (Å²) in [5.74, 6) is 1.26. The molecule has 3 rings (SSSR count). The molecule has 1 unspecified atom stereocenters. The van der Waals surface area contributed by atoms with Crippen LogP contribution in [0.2, 0.25) is 0 Å². The van der Waals surface area contributed by atoms with E-state index in [0.717, 1.165) is 43.0 Å². The topological polar surface area (TPSA) is 50.2 Å². The molecule has 122 valence electrons. The number of likely N-dealkylation sites (tertiary alicyclic amines) is 1. The predicted octanol–water partition coefficient (Wildman–Crippen LogP) is 2.14. The van der Waals surface area contributed by atoms with Gasteiger partial charge in [-0.15, -0.1) is 0 Å². The number of carbonyl (C=O) groups excluding carboxylic acids is 1. The molecule has 1 saturated heterocycles. The maximum atomic E-state index is 12.3. The molecule has 0 radical (unpaired) electrons. The lowest BCUT2D eigenvalue weighted by Gasteiger charge is -2.28. The Bertz CT molecular complexity index is 662. The first-order chi connectivity index (χ1) is 11.1. The van der Waals surface area contributed by atoms with E-state index in [9.17, 15) is 4.79 Å². The van der Waals surface area contributed by atoms with E-state index in [0.29, 0.717) is 6.54 Å². The lowest BCUT2D eigenvalue weighted by Crippen LogP contribution is -2.41. The molecule has 1 aromatic carbocycles. The van der Waals surface area contributed by atoms with Crippen molar-refractivity contribution in [3.63, 3.8) is 0 Å². The van der Waals surface area contributed by atoms with Gasteiger partial charge in [0.2, 0.25) is 5.91 Å². The first-order valence-corrected chi connectivity index (χ1v) is 8.19. The van der Waals surface area contributed by atoms with Crippen molar-refractivity contribution in [1.82, 2.24) is 19.8 Å². The number of nitrogens with one attached hydrogen (secondary N) is 1. The molecule has 1 aliphatic heterocycles. The summed E-state index contributed by atoms with van der Waals surface area (Å²) in [5, 5.41) is 3.07. The van der Waals surface area contributed by atoms with E-state index in [1.54, 1.807) is 6.20 Å². The van der Waals surface area contributed by atoms with E-state index < -0.39 is 0 Å². The van der Waals surface area contributed by atoms with Crippen molar-refractivity contribution in [3.05, 3.63) is 48.0 Å². The van der Waals surface area contributed by atoms with Crippen molar-refractivity contribution in [2.45, 2.75) is 26.3 Å². The molecule has 0 aliphatic carbocycles. The fraction of sp³-hybridized carbons (Fsp3) is 0.444. The van der Waals surface area contributed by atoms with Gasteiger partial charge in [0.05, 0.1) is 5.92 Å². The van der Waals surface area contributed by atoms with Gasteiger partial charge in [0.25, 0.3) is 0 Å². The fourth-order valence-electron chi connectivity index (χ4n) is 3.14. The van der Waals surface area contributed by atoms with Gasteiger partial charge in [-0.1, -0.05) is 12.1 Å². The van der Waals surface area contributed by atoms with E-state index in [-0.39, 0.29) is 11.8 Å². The number of amides is 1. The Labute approximate surface area is 137 Å². The SMILES string of the molecule is Cc1nccn1-c1ccc(CNC(=O)C2CCCN(C)C2)cc1. The lowest BCUT2D eigenvalue weighted by atomic mass is 9.97. The highest BCUT2D eigenvalue weighted by atomic mass is 16.1. The quantitative estimate of drug-likeness (QED) is 0.941. The van der Waals surface area contributed by atoms with Crippen LogP contribution in [0.4, 0.5) is 0 Å². The summed E-state index contributed by atoms with van der Waals surface area (Å²) < 4.78 is 2.04. The third-order valence-corrected chi connectivity index (χ3v) is 4.50. The molecule has 0 bridgehead atoms. The molecule has 1 aromatic heterocycles. The second-order valence-electron chi connectivity index (χ2n) is 6.33. The summed E-state index contributed by atoms with van der Waals surface area (Å²) in [6.07, 6.45) is 5.85. The minimum absolute atomic E-state index is 0.127. The number of aromatic nitrogens is 2. The second kappa shape index (κ2) is 6.96. The lowest BCUT2D eigenvalue weighted by molar-refractivity contribution is -0.126. The van der Waals surface area contributed by atoms with Gasteiger partial charge in [-0.2, -0.15) is 0 Å². The molecule has 2 heterocycles. The number of imidazole rings is 1. The molecule has 1 N–H and O–H groups in total. The van der Waals surface area contributed by atoms with Gasteiger partial charge in [0.15, 0.2) is 0 Å².